The lowest BCUT2D eigenvalue weighted by Crippen LogP contribution is -2.01. The number of hydrogen-bond donors (Lipinski definition) is 0. The van der Waals surface area contributed by atoms with E-state index in [9.17, 15) is 0 Å². The molecule has 0 unspecified atom stereocenters. The molecule has 0 N–H and O–H groups in total. The molecule has 5 nitrogen and oxygen atoms in total. The molecule has 0 aliphatic carbocycles. The zero-order valence-corrected chi connectivity index (χ0v) is 20.4. The highest BCUT2D eigenvalue weighted by Crippen LogP contribution is 2.35. The van der Waals surface area contributed by atoms with Crippen LogP contribution in [-0.4, -0.2) is 24.1 Å². The predicted molar refractivity (Wildman–Crippen MR) is 154 cm³/mol. The topological polar surface area (TPSA) is 48.5 Å². The third-order valence-corrected chi connectivity index (χ3v) is 7.18. The van der Waals surface area contributed by atoms with E-state index < -0.39 is 0 Å². The number of para-hydroxylation sites is 3. The Hall–Kier alpha value is -5.29. The first kappa shape index (κ1) is 20.9. The van der Waals surface area contributed by atoms with E-state index in [1.54, 1.807) is 0 Å². The number of rotatable bonds is 3. The first-order valence-corrected chi connectivity index (χ1v) is 12.6. The van der Waals surface area contributed by atoms with Crippen molar-refractivity contribution in [2.24, 2.45) is 0 Å². The quantitative estimate of drug-likeness (QED) is 0.256. The fraction of sp³-hybridized carbons (Fsp3) is 0. The van der Waals surface area contributed by atoms with E-state index in [1.165, 1.54) is 0 Å². The van der Waals surface area contributed by atoms with Crippen molar-refractivity contribution < 1.29 is 0 Å². The van der Waals surface area contributed by atoms with Crippen molar-refractivity contribution >= 4 is 44.1 Å². The van der Waals surface area contributed by atoms with Crippen LogP contribution in [0.1, 0.15) is 0 Å². The zero-order valence-electron chi connectivity index (χ0n) is 20.4. The number of fused-ring (bicyclic) bond motifs is 6. The van der Waals surface area contributed by atoms with Crippen LogP contribution in [0.25, 0.3) is 66.8 Å². The third kappa shape index (κ3) is 3.02. The highest BCUT2D eigenvalue weighted by molar-refractivity contribution is 6.12. The van der Waals surface area contributed by atoms with Crippen molar-refractivity contribution in [3.8, 4) is 22.6 Å². The molecule has 0 saturated carbocycles. The van der Waals surface area contributed by atoms with Gasteiger partial charge in [0, 0.05) is 28.2 Å². The summed E-state index contributed by atoms with van der Waals surface area (Å²) in [6, 6.07) is 41.6. The monoisotopic (exact) mass is 487 g/mol. The molecular weight excluding hydrogens is 466 g/mol. The molecule has 0 atom stereocenters. The van der Waals surface area contributed by atoms with Gasteiger partial charge >= 0.3 is 0 Å². The second-order valence-corrected chi connectivity index (χ2v) is 9.38. The van der Waals surface area contributed by atoms with Gasteiger partial charge < -0.3 is 0 Å². The van der Waals surface area contributed by atoms with Gasteiger partial charge in [-0.15, -0.1) is 0 Å². The van der Waals surface area contributed by atoms with Crippen LogP contribution in [0.4, 0.5) is 0 Å². The molecular formula is C33H21N5. The summed E-state index contributed by atoms with van der Waals surface area (Å²) in [5.41, 5.74) is 8.78. The molecule has 178 valence electrons. The van der Waals surface area contributed by atoms with E-state index in [1.807, 2.05) is 30.5 Å². The molecule has 0 bridgehead atoms. The predicted octanol–water partition coefficient (Wildman–Crippen LogP) is 7.73. The summed E-state index contributed by atoms with van der Waals surface area (Å²) in [6.07, 6.45) is 1.93. The minimum absolute atomic E-state index is 0.790. The summed E-state index contributed by atoms with van der Waals surface area (Å²) in [7, 11) is 0. The Bertz CT molecular complexity index is 2110. The molecule has 4 aromatic carbocycles. The highest BCUT2D eigenvalue weighted by atomic mass is 15.2. The van der Waals surface area contributed by atoms with Crippen molar-refractivity contribution in [1.29, 1.82) is 0 Å². The number of benzene rings is 4. The molecule has 0 saturated heterocycles. The first-order valence-electron chi connectivity index (χ1n) is 12.6. The lowest BCUT2D eigenvalue weighted by atomic mass is 10.1. The maximum absolute atomic E-state index is 5.31. The molecule has 0 aliphatic rings. The van der Waals surface area contributed by atoms with Crippen LogP contribution in [0.2, 0.25) is 0 Å². The van der Waals surface area contributed by atoms with E-state index in [0.717, 1.165) is 66.8 Å². The summed E-state index contributed by atoms with van der Waals surface area (Å²) in [4.78, 5) is 15.5. The molecule has 0 spiro atoms. The van der Waals surface area contributed by atoms with E-state index >= 15 is 0 Å². The van der Waals surface area contributed by atoms with Crippen LogP contribution in [0, 0.1) is 0 Å². The fourth-order valence-corrected chi connectivity index (χ4v) is 5.45. The minimum Gasteiger partial charge on any atom is -0.292 e. The van der Waals surface area contributed by atoms with Gasteiger partial charge in [0.25, 0.3) is 0 Å². The summed E-state index contributed by atoms with van der Waals surface area (Å²) < 4.78 is 4.32. The van der Waals surface area contributed by atoms with Crippen LogP contribution < -0.4 is 0 Å². The van der Waals surface area contributed by atoms with Gasteiger partial charge in [-0.1, -0.05) is 84.9 Å². The smallest absolute Gasteiger partial charge is 0.168 e. The molecule has 0 aliphatic heterocycles. The van der Waals surface area contributed by atoms with Gasteiger partial charge in [0.05, 0.1) is 11.0 Å². The normalized spacial score (nSPS) is 11.7. The maximum atomic E-state index is 5.31. The number of hydrogen-bond acceptors (Lipinski definition) is 3. The average molecular weight is 488 g/mol. The number of pyridine rings is 1. The van der Waals surface area contributed by atoms with Crippen molar-refractivity contribution in [2.75, 3.05) is 0 Å². The molecule has 4 heterocycles. The van der Waals surface area contributed by atoms with Gasteiger partial charge in [-0.05, 0) is 42.0 Å². The lowest BCUT2D eigenvalue weighted by molar-refractivity contribution is 1.05. The van der Waals surface area contributed by atoms with E-state index in [-0.39, 0.29) is 0 Å². The summed E-state index contributed by atoms with van der Waals surface area (Å²) in [5.74, 6) is 0.812. The molecule has 8 rings (SSSR count). The van der Waals surface area contributed by atoms with Gasteiger partial charge in [0.15, 0.2) is 11.3 Å². The van der Waals surface area contributed by atoms with Gasteiger partial charge in [-0.2, -0.15) is 0 Å². The Balaban J connectivity index is 1.45. The Kier molecular flexibility index (Phi) is 4.45. The summed E-state index contributed by atoms with van der Waals surface area (Å²) in [5, 5.41) is 2.14. The standard InChI is InChI=1S/C33H21N5/c1-3-11-22(12-4-1)23-19-20-29(34-21-23)38-28-18-10-8-16-26(28)31-33(38)36-32-30(35-31)25-15-7-9-17-27(25)37(32)24-13-5-2-6-14-24/h1-21H. The highest BCUT2D eigenvalue weighted by Gasteiger charge is 2.21. The fourth-order valence-electron chi connectivity index (χ4n) is 5.45. The van der Waals surface area contributed by atoms with Crippen LogP contribution >= 0.6 is 0 Å². The molecule has 4 aromatic heterocycles. The first-order chi connectivity index (χ1) is 18.9. The van der Waals surface area contributed by atoms with E-state index in [2.05, 4.69) is 106 Å². The molecule has 0 amide bonds. The van der Waals surface area contributed by atoms with E-state index in [0.29, 0.717) is 0 Å². The van der Waals surface area contributed by atoms with Gasteiger partial charge in [-0.3, -0.25) is 9.13 Å². The number of aromatic nitrogens is 5. The Labute approximate surface area is 218 Å². The zero-order chi connectivity index (χ0) is 25.1. The molecule has 38 heavy (non-hydrogen) atoms. The van der Waals surface area contributed by atoms with Crippen molar-refractivity contribution in [1.82, 2.24) is 24.1 Å². The largest absolute Gasteiger partial charge is 0.292 e. The molecule has 5 heteroatoms. The van der Waals surface area contributed by atoms with E-state index in [4.69, 9.17) is 15.0 Å². The van der Waals surface area contributed by atoms with Gasteiger partial charge in [0.1, 0.15) is 16.9 Å². The Morgan fingerprint density at radius 3 is 1.68 bits per heavy atom. The van der Waals surface area contributed by atoms with Crippen molar-refractivity contribution in [3.63, 3.8) is 0 Å². The van der Waals surface area contributed by atoms with Crippen LogP contribution in [0.15, 0.2) is 128 Å². The Morgan fingerprint density at radius 1 is 0.447 bits per heavy atom. The number of nitrogens with zero attached hydrogens (tertiary/aromatic N) is 5. The molecule has 0 fully saturated rings. The van der Waals surface area contributed by atoms with Crippen molar-refractivity contribution in [2.45, 2.75) is 0 Å². The van der Waals surface area contributed by atoms with Gasteiger partial charge in [0.2, 0.25) is 0 Å². The maximum Gasteiger partial charge on any atom is 0.168 e. The second-order valence-electron chi connectivity index (χ2n) is 9.38. The average Bonchev–Trinajstić information content (AvgIpc) is 3.49. The van der Waals surface area contributed by atoms with Gasteiger partial charge in [-0.25, -0.2) is 15.0 Å². The third-order valence-electron chi connectivity index (χ3n) is 7.18. The molecule has 8 aromatic rings. The molecule has 0 radical (unpaired) electrons. The summed E-state index contributed by atoms with van der Waals surface area (Å²) in [6.45, 7) is 0. The van der Waals surface area contributed by atoms with Crippen LogP contribution in [0.3, 0.4) is 0 Å². The SMILES string of the molecule is c1ccc(-c2ccc(-n3c4ccccc4c4nc5c6ccccc6n(-c6ccccc6)c5nc43)nc2)cc1. The Morgan fingerprint density at radius 2 is 1.03 bits per heavy atom. The summed E-state index contributed by atoms with van der Waals surface area (Å²) >= 11 is 0. The van der Waals surface area contributed by atoms with Crippen LogP contribution in [-0.2, 0) is 0 Å². The minimum atomic E-state index is 0.790. The second kappa shape index (κ2) is 8.11. The van der Waals surface area contributed by atoms with Crippen molar-refractivity contribution in [3.05, 3.63) is 128 Å². The van der Waals surface area contributed by atoms with Crippen LogP contribution in [0.5, 0.6) is 0 Å². The lowest BCUT2D eigenvalue weighted by Gasteiger charge is -2.09.